The van der Waals surface area contributed by atoms with Crippen LogP contribution in [0.15, 0.2) is 83.8 Å². The zero-order valence-electron chi connectivity index (χ0n) is 18.1. The highest BCUT2D eigenvalue weighted by molar-refractivity contribution is 7.92. The average molecular weight is 437 g/mol. The van der Waals surface area contributed by atoms with Crippen molar-refractivity contribution in [3.63, 3.8) is 0 Å². The molecule has 0 aromatic heterocycles. The van der Waals surface area contributed by atoms with Crippen LogP contribution in [0.25, 0.3) is 0 Å². The molecule has 1 unspecified atom stereocenters. The highest BCUT2D eigenvalue weighted by Crippen LogP contribution is 2.26. The second kappa shape index (κ2) is 9.79. The smallest absolute Gasteiger partial charge is 0.264 e. The molecule has 0 aliphatic rings. The monoisotopic (exact) mass is 436 g/mol. The van der Waals surface area contributed by atoms with Gasteiger partial charge in [0.15, 0.2) is 0 Å². The molecular weight excluding hydrogens is 408 g/mol. The van der Waals surface area contributed by atoms with Crippen LogP contribution >= 0.6 is 0 Å². The molecule has 3 aromatic rings. The minimum Gasteiger partial charge on any atom is -0.350 e. The molecule has 31 heavy (non-hydrogen) atoms. The lowest BCUT2D eigenvalue weighted by Crippen LogP contribution is -2.33. The summed E-state index contributed by atoms with van der Waals surface area (Å²) in [6, 6.07) is 23.6. The van der Waals surface area contributed by atoms with Crippen LogP contribution < -0.4 is 9.62 Å². The van der Waals surface area contributed by atoms with Crippen molar-refractivity contribution < 1.29 is 13.2 Å². The van der Waals surface area contributed by atoms with Crippen LogP contribution in [0.5, 0.6) is 0 Å². The number of nitrogens with one attached hydrogen (secondary N) is 1. The van der Waals surface area contributed by atoms with Crippen molar-refractivity contribution in [3.8, 4) is 0 Å². The number of anilines is 1. The summed E-state index contributed by atoms with van der Waals surface area (Å²) in [6.07, 6.45) is 1.73. The first kappa shape index (κ1) is 22.6. The zero-order valence-corrected chi connectivity index (χ0v) is 18.9. The molecule has 0 saturated carbocycles. The fourth-order valence-electron chi connectivity index (χ4n) is 3.44. The molecule has 1 amide bonds. The summed E-state index contributed by atoms with van der Waals surface area (Å²) in [5.41, 5.74) is 3.01. The molecule has 6 heteroatoms. The molecule has 0 aliphatic carbocycles. The van der Waals surface area contributed by atoms with Crippen molar-refractivity contribution in [3.05, 3.63) is 95.6 Å². The van der Waals surface area contributed by atoms with Gasteiger partial charge in [0.2, 0.25) is 0 Å². The van der Waals surface area contributed by atoms with Gasteiger partial charge < -0.3 is 5.32 Å². The van der Waals surface area contributed by atoms with Gasteiger partial charge >= 0.3 is 0 Å². The number of rotatable bonds is 8. The molecule has 1 atom stereocenters. The van der Waals surface area contributed by atoms with Crippen molar-refractivity contribution in [1.29, 1.82) is 0 Å². The molecule has 1 N–H and O–H groups in total. The first-order valence-corrected chi connectivity index (χ1v) is 11.7. The van der Waals surface area contributed by atoms with E-state index >= 15 is 0 Å². The summed E-state index contributed by atoms with van der Waals surface area (Å²) in [5, 5.41) is 3.03. The maximum Gasteiger partial charge on any atom is 0.264 e. The Morgan fingerprint density at radius 3 is 2.19 bits per heavy atom. The number of benzene rings is 3. The second-order valence-corrected chi connectivity index (χ2v) is 9.65. The maximum absolute atomic E-state index is 12.9. The normalized spacial score (nSPS) is 12.2. The van der Waals surface area contributed by atoms with Gasteiger partial charge in [-0.25, -0.2) is 8.42 Å². The van der Waals surface area contributed by atoms with Gasteiger partial charge in [0, 0.05) is 18.7 Å². The van der Waals surface area contributed by atoms with E-state index < -0.39 is 10.0 Å². The third-order valence-electron chi connectivity index (χ3n) is 5.29. The van der Waals surface area contributed by atoms with Crippen molar-refractivity contribution in [2.24, 2.45) is 0 Å². The van der Waals surface area contributed by atoms with Crippen LogP contribution in [0, 0.1) is 6.92 Å². The molecule has 0 radical (unpaired) electrons. The summed E-state index contributed by atoms with van der Waals surface area (Å²) in [7, 11) is -2.14. The van der Waals surface area contributed by atoms with E-state index in [1.54, 1.807) is 48.5 Å². The van der Waals surface area contributed by atoms with E-state index in [9.17, 15) is 13.2 Å². The summed E-state index contributed by atoms with van der Waals surface area (Å²) >= 11 is 0. The van der Waals surface area contributed by atoms with E-state index in [-0.39, 0.29) is 16.8 Å². The minimum atomic E-state index is -3.67. The predicted molar refractivity (Wildman–Crippen MR) is 125 cm³/mol. The SMILES string of the molecule is Cc1cc(C(=O)NC(C)CCc2ccccc2)ccc1N(C)S(=O)(=O)c1ccccc1. The quantitative estimate of drug-likeness (QED) is 0.562. The number of carbonyl (C=O) groups excluding carboxylic acids is 1. The lowest BCUT2D eigenvalue weighted by molar-refractivity contribution is 0.0938. The van der Waals surface area contributed by atoms with Crippen molar-refractivity contribution in [2.75, 3.05) is 11.4 Å². The van der Waals surface area contributed by atoms with Crippen molar-refractivity contribution in [1.82, 2.24) is 5.32 Å². The highest BCUT2D eigenvalue weighted by atomic mass is 32.2. The molecule has 3 rings (SSSR count). The molecule has 0 spiro atoms. The first-order chi connectivity index (χ1) is 14.8. The minimum absolute atomic E-state index is 0.0221. The van der Waals surface area contributed by atoms with E-state index in [1.165, 1.54) is 16.9 Å². The van der Waals surface area contributed by atoms with Crippen LogP contribution in [0.1, 0.15) is 34.8 Å². The van der Waals surface area contributed by atoms with Gasteiger partial charge in [-0.15, -0.1) is 0 Å². The molecule has 3 aromatic carbocycles. The Balaban J connectivity index is 1.67. The van der Waals surface area contributed by atoms with Gasteiger partial charge in [0.1, 0.15) is 0 Å². The van der Waals surface area contributed by atoms with Gasteiger partial charge in [-0.3, -0.25) is 9.10 Å². The number of sulfonamides is 1. The summed E-state index contributed by atoms with van der Waals surface area (Å²) in [5.74, 6) is -0.163. The Hall–Kier alpha value is -3.12. The number of amides is 1. The van der Waals surface area contributed by atoms with Gasteiger partial charge in [0.25, 0.3) is 15.9 Å². The number of carbonyl (C=O) groups is 1. The lowest BCUT2D eigenvalue weighted by atomic mass is 10.1. The molecule has 0 fully saturated rings. The molecule has 5 nitrogen and oxygen atoms in total. The molecular formula is C25H28N2O3S. The first-order valence-electron chi connectivity index (χ1n) is 10.3. The fraction of sp³-hybridized carbons (Fsp3) is 0.240. The van der Waals surface area contributed by atoms with E-state index in [0.717, 1.165) is 12.8 Å². The maximum atomic E-state index is 12.9. The summed E-state index contributed by atoms with van der Waals surface area (Å²) in [4.78, 5) is 12.9. The Morgan fingerprint density at radius 1 is 0.968 bits per heavy atom. The van der Waals surface area contributed by atoms with Gasteiger partial charge in [-0.2, -0.15) is 0 Å². The Bertz CT molecular complexity index is 1130. The van der Waals surface area contributed by atoms with E-state index in [1.807, 2.05) is 32.0 Å². The van der Waals surface area contributed by atoms with Gasteiger partial charge in [-0.1, -0.05) is 48.5 Å². The van der Waals surface area contributed by atoms with Crippen LogP contribution in [-0.2, 0) is 16.4 Å². The average Bonchev–Trinajstić information content (AvgIpc) is 2.78. The molecule has 0 aliphatic heterocycles. The Morgan fingerprint density at radius 2 is 1.58 bits per heavy atom. The second-order valence-electron chi connectivity index (χ2n) is 7.69. The van der Waals surface area contributed by atoms with Crippen LogP contribution in [0.3, 0.4) is 0 Å². The molecule has 0 bridgehead atoms. The fourth-order valence-corrected chi connectivity index (χ4v) is 4.72. The Kier molecular flexibility index (Phi) is 7.13. The lowest BCUT2D eigenvalue weighted by Gasteiger charge is -2.22. The van der Waals surface area contributed by atoms with Crippen LogP contribution in [-0.4, -0.2) is 27.4 Å². The van der Waals surface area contributed by atoms with Crippen LogP contribution in [0.2, 0.25) is 0 Å². The predicted octanol–water partition coefficient (Wildman–Crippen LogP) is 4.57. The number of hydrogen-bond donors (Lipinski definition) is 1. The third kappa shape index (κ3) is 5.52. The standard InChI is InChI=1S/C25H28N2O3S/c1-19-18-22(25(28)26-20(2)14-15-21-10-6-4-7-11-21)16-17-24(19)27(3)31(29,30)23-12-8-5-9-13-23/h4-13,16-18,20H,14-15H2,1-3H3,(H,26,28). The van der Waals surface area contributed by atoms with Gasteiger partial charge in [0.05, 0.1) is 10.6 Å². The van der Waals surface area contributed by atoms with Crippen molar-refractivity contribution in [2.45, 2.75) is 37.6 Å². The van der Waals surface area contributed by atoms with E-state index in [2.05, 4.69) is 17.4 Å². The number of hydrogen-bond acceptors (Lipinski definition) is 3. The highest BCUT2D eigenvalue weighted by Gasteiger charge is 2.22. The summed E-state index contributed by atoms with van der Waals surface area (Å²) < 4.78 is 27.0. The van der Waals surface area contributed by atoms with Gasteiger partial charge in [-0.05, 0) is 68.1 Å². The zero-order chi connectivity index (χ0) is 22.4. The third-order valence-corrected chi connectivity index (χ3v) is 7.07. The largest absolute Gasteiger partial charge is 0.350 e. The van der Waals surface area contributed by atoms with Crippen molar-refractivity contribution >= 4 is 21.6 Å². The molecule has 0 saturated heterocycles. The van der Waals surface area contributed by atoms with E-state index in [4.69, 9.17) is 0 Å². The summed E-state index contributed by atoms with van der Waals surface area (Å²) in [6.45, 7) is 3.80. The Labute approximate surface area is 184 Å². The molecule has 162 valence electrons. The van der Waals surface area contributed by atoms with E-state index in [0.29, 0.717) is 16.8 Å². The number of aryl methyl sites for hydroxylation is 2. The van der Waals surface area contributed by atoms with Crippen LogP contribution in [0.4, 0.5) is 5.69 Å². The molecule has 0 heterocycles. The topological polar surface area (TPSA) is 66.5 Å². The number of nitrogens with zero attached hydrogens (tertiary/aromatic N) is 1.